The molecule has 1 aromatic heterocycles. The van der Waals surface area contributed by atoms with Gasteiger partial charge in [-0.1, -0.05) is 34.1 Å². The topological polar surface area (TPSA) is 83.8 Å². The molecule has 1 amide bonds. The fourth-order valence-electron chi connectivity index (χ4n) is 3.24. The number of halogens is 1. The molecule has 0 saturated carbocycles. The van der Waals surface area contributed by atoms with Gasteiger partial charge in [-0.3, -0.25) is 9.10 Å². The van der Waals surface area contributed by atoms with Crippen molar-refractivity contribution in [3.8, 4) is 5.69 Å². The summed E-state index contributed by atoms with van der Waals surface area (Å²) in [7, 11) is -3.62. The van der Waals surface area contributed by atoms with Crippen LogP contribution in [0.15, 0.2) is 70.2 Å². The van der Waals surface area contributed by atoms with E-state index in [1.54, 1.807) is 36.5 Å². The highest BCUT2D eigenvalue weighted by Crippen LogP contribution is 2.21. The lowest BCUT2D eigenvalue weighted by atomic mass is 10.2. The first-order chi connectivity index (χ1) is 14.7. The van der Waals surface area contributed by atoms with Crippen molar-refractivity contribution in [3.63, 3.8) is 0 Å². The highest BCUT2D eigenvalue weighted by Gasteiger charge is 2.20. The summed E-state index contributed by atoms with van der Waals surface area (Å²) in [5.74, 6) is -0.535. The molecule has 0 aliphatic rings. The van der Waals surface area contributed by atoms with Crippen molar-refractivity contribution >= 4 is 43.8 Å². The minimum Gasteiger partial charge on any atom is -0.318 e. The van der Waals surface area contributed by atoms with E-state index in [0.29, 0.717) is 5.69 Å². The van der Waals surface area contributed by atoms with Gasteiger partial charge in [0.15, 0.2) is 0 Å². The van der Waals surface area contributed by atoms with E-state index in [4.69, 9.17) is 0 Å². The molecular formula is C22H23BrN4O3S. The summed E-state index contributed by atoms with van der Waals surface area (Å²) >= 11 is 3.44. The molecule has 9 heteroatoms. The molecule has 0 radical (unpaired) electrons. The third kappa shape index (κ3) is 5.62. The van der Waals surface area contributed by atoms with Gasteiger partial charge in [-0.25, -0.2) is 13.8 Å². The molecule has 0 aliphatic carbocycles. The van der Waals surface area contributed by atoms with Crippen LogP contribution in [0.4, 0.5) is 5.69 Å². The summed E-state index contributed by atoms with van der Waals surface area (Å²) in [6.45, 7) is 3.60. The van der Waals surface area contributed by atoms with Crippen molar-refractivity contribution in [1.29, 1.82) is 0 Å². The molecule has 0 unspecified atom stereocenters. The highest BCUT2D eigenvalue weighted by atomic mass is 79.9. The van der Waals surface area contributed by atoms with Crippen molar-refractivity contribution in [1.82, 2.24) is 9.99 Å². The molecule has 1 N–H and O–H groups in total. The van der Waals surface area contributed by atoms with Gasteiger partial charge in [0.2, 0.25) is 10.0 Å². The van der Waals surface area contributed by atoms with E-state index in [0.717, 1.165) is 37.7 Å². The predicted octanol–water partition coefficient (Wildman–Crippen LogP) is 3.77. The van der Waals surface area contributed by atoms with Gasteiger partial charge in [0.1, 0.15) is 6.54 Å². The lowest BCUT2D eigenvalue weighted by Gasteiger charge is -2.21. The number of amides is 1. The zero-order valence-electron chi connectivity index (χ0n) is 17.4. The van der Waals surface area contributed by atoms with Gasteiger partial charge < -0.3 is 4.57 Å². The van der Waals surface area contributed by atoms with Gasteiger partial charge in [-0.2, -0.15) is 5.10 Å². The summed E-state index contributed by atoms with van der Waals surface area (Å²) in [5.41, 5.74) is 6.71. The van der Waals surface area contributed by atoms with Crippen LogP contribution >= 0.6 is 15.9 Å². The average molecular weight is 503 g/mol. The summed E-state index contributed by atoms with van der Waals surface area (Å²) in [4.78, 5) is 12.3. The zero-order valence-corrected chi connectivity index (χ0v) is 19.8. The summed E-state index contributed by atoms with van der Waals surface area (Å²) in [6, 6.07) is 18.4. The number of sulfonamides is 1. The number of benzene rings is 2. The fraction of sp³-hybridized carbons (Fsp3) is 0.182. The predicted molar refractivity (Wildman–Crippen MR) is 127 cm³/mol. The van der Waals surface area contributed by atoms with Crippen LogP contribution in [-0.4, -0.2) is 37.9 Å². The Hall–Kier alpha value is -2.91. The van der Waals surface area contributed by atoms with Gasteiger partial charge in [-0.05, 0) is 56.3 Å². The molecule has 162 valence electrons. The summed E-state index contributed by atoms with van der Waals surface area (Å²) in [6.07, 6.45) is 2.62. The number of rotatable bonds is 7. The maximum atomic E-state index is 12.3. The van der Waals surface area contributed by atoms with Crippen LogP contribution in [0, 0.1) is 13.8 Å². The van der Waals surface area contributed by atoms with E-state index in [1.807, 2.05) is 44.2 Å². The first-order valence-electron chi connectivity index (χ1n) is 9.46. The second-order valence-corrected chi connectivity index (χ2v) is 9.86. The molecule has 0 atom stereocenters. The van der Waals surface area contributed by atoms with Gasteiger partial charge >= 0.3 is 0 Å². The normalized spacial score (nSPS) is 11.6. The third-order valence-electron chi connectivity index (χ3n) is 4.68. The smallest absolute Gasteiger partial charge is 0.260 e. The Kier molecular flexibility index (Phi) is 6.97. The molecule has 2 aromatic carbocycles. The quantitative estimate of drug-likeness (QED) is 0.394. The second kappa shape index (κ2) is 9.49. The van der Waals surface area contributed by atoms with Crippen molar-refractivity contribution < 1.29 is 13.2 Å². The van der Waals surface area contributed by atoms with Crippen LogP contribution in [0.2, 0.25) is 0 Å². The number of nitrogens with zero attached hydrogens (tertiary/aromatic N) is 3. The van der Waals surface area contributed by atoms with E-state index in [2.05, 4.69) is 31.0 Å². The van der Waals surface area contributed by atoms with Crippen molar-refractivity contribution in [2.75, 3.05) is 17.1 Å². The van der Waals surface area contributed by atoms with E-state index in [1.165, 1.54) is 0 Å². The number of anilines is 1. The lowest BCUT2D eigenvalue weighted by Crippen LogP contribution is -2.38. The molecule has 3 aromatic rings. The number of hydrazone groups is 1. The van der Waals surface area contributed by atoms with Crippen LogP contribution in [0.5, 0.6) is 0 Å². The number of hydrogen-bond acceptors (Lipinski definition) is 4. The number of nitrogens with one attached hydrogen (secondary N) is 1. The molecule has 0 aliphatic heterocycles. The number of para-hydroxylation sites is 1. The maximum absolute atomic E-state index is 12.3. The zero-order chi connectivity index (χ0) is 22.6. The van der Waals surface area contributed by atoms with Gasteiger partial charge in [0.05, 0.1) is 18.2 Å². The maximum Gasteiger partial charge on any atom is 0.260 e. The van der Waals surface area contributed by atoms with Gasteiger partial charge in [0, 0.05) is 27.1 Å². The number of hydrogen-bond donors (Lipinski definition) is 1. The van der Waals surface area contributed by atoms with Crippen LogP contribution in [-0.2, 0) is 14.8 Å². The lowest BCUT2D eigenvalue weighted by molar-refractivity contribution is -0.119. The van der Waals surface area contributed by atoms with Crippen LogP contribution in [0.1, 0.15) is 17.0 Å². The molecular weight excluding hydrogens is 480 g/mol. The molecule has 3 rings (SSSR count). The standard InChI is InChI=1S/C22H23BrN4O3S/c1-16-13-18(17(2)27(16)21-11-9-19(23)10-12-21)14-24-25-22(28)15-26(31(3,29)30)20-7-5-4-6-8-20/h4-14H,15H2,1-3H3,(H,25,28)/b24-14+. The van der Waals surface area contributed by atoms with E-state index < -0.39 is 15.9 Å². The van der Waals surface area contributed by atoms with Gasteiger partial charge in [0.25, 0.3) is 5.91 Å². The van der Waals surface area contributed by atoms with Crippen LogP contribution in [0.25, 0.3) is 5.69 Å². The SMILES string of the molecule is Cc1cc(/C=N/NC(=O)CN(c2ccccc2)S(C)(=O)=O)c(C)n1-c1ccc(Br)cc1. The van der Waals surface area contributed by atoms with E-state index >= 15 is 0 Å². The minimum absolute atomic E-state index is 0.363. The first kappa shape index (κ1) is 22.8. The van der Waals surface area contributed by atoms with E-state index in [9.17, 15) is 13.2 Å². The Morgan fingerprint density at radius 1 is 1.13 bits per heavy atom. The highest BCUT2D eigenvalue weighted by molar-refractivity contribution is 9.10. The molecule has 0 saturated heterocycles. The largest absolute Gasteiger partial charge is 0.318 e. The Morgan fingerprint density at radius 3 is 2.39 bits per heavy atom. The Morgan fingerprint density at radius 2 is 1.77 bits per heavy atom. The molecule has 0 bridgehead atoms. The van der Waals surface area contributed by atoms with Crippen molar-refractivity contribution in [2.24, 2.45) is 5.10 Å². The molecule has 0 spiro atoms. The third-order valence-corrected chi connectivity index (χ3v) is 6.35. The minimum atomic E-state index is -3.62. The number of carbonyl (C=O) groups is 1. The van der Waals surface area contributed by atoms with Crippen molar-refractivity contribution in [3.05, 3.63) is 82.1 Å². The van der Waals surface area contributed by atoms with Crippen LogP contribution in [0.3, 0.4) is 0 Å². The Labute approximate surface area is 190 Å². The van der Waals surface area contributed by atoms with E-state index in [-0.39, 0.29) is 6.54 Å². The summed E-state index contributed by atoms with van der Waals surface area (Å²) < 4.78 is 28.3. The number of aryl methyl sites for hydroxylation is 1. The Bertz CT molecular complexity index is 1200. The molecule has 7 nitrogen and oxygen atoms in total. The monoisotopic (exact) mass is 502 g/mol. The molecule has 31 heavy (non-hydrogen) atoms. The average Bonchev–Trinajstić information content (AvgIpc) is 3.00. The first-order valence-corrected chi connectivity index (χ1v) is 12.1. The van der Waals surface area contributed by atoms with Gasteiger partial charge in [-0.15, -0.1) is 0 Å². The number of aromatic nitrogens is 1. The Balaban J connectivity index is 1.72. The number of carbonyl (C=O) groups excluding carboxylic acids is 1. The molecule has 0 fully saturated rings. The van der Waals surface area contributed by atoms with Crippen LogP contribution < -0.4 is 9.73 Å². The second-order valence-electron chi connectivity index (χ2n) is 7.04. The summed E-state index contributed by atoms with van der Waals surface area (Å²) in [5, 5.41) is 4.03. The molecule has 1 heterocycles. The fourth-order valence-corrected chi connectivity index (χ4v) is 4.36. The van der Waals surface area contributed by atoms with Crippen molar-refractivity contribution in [2.45, 2.75) is 13.8 Å².